The molecule has 0 radical (unpaired) electrons. The Bertz CT molecular complexity index is 1100. The first-order valence-electron chi connectivity index (χ1n) is 9.47. The molecule has 0 atom stereocenters. The Morgan fingerprint density at radius 1 is 1.12 bits per heavy atom. The molecule has 1 heterocycles. The summed E-state index contributed by atoms with van der Waals surface area (Å²) in [5, 5.41) is 2.14. The van der Waals surface area contributed by atoms with Crippen LogP contribution in [-0.4, -0.2) is 31.7 Å². The second-order valence-electron chi connectivity index (χ2n) is 7.31. The van der Waals surface area contributed by atoms with Crippen LogP contribution >= 0.6 is 23.2 Å². The van der Waals surface area contributed by atoms with Gasteiger partial charge in [0.1, 0.15) is 5.82 Å². The van der Waals surface area contributed by atoms with Gasteiger partial charge in [0.25, 0.3) is 0 Å². The van der Waals surface area contributed by atoms with Crippen molar-refractivity contribution in [1.29, 1.82) is 0 Å². The number of nitrogens with zero attached hydrogens (tertiary/aromatic N) is 1. The molecular formula is C20H18Cl2F4N2O3S. The average Bonchev–Trinajstić information content (AvgIpc) is 2.71. The van der Waals surface area contributed by atoms with E-state index in [4.69, 9.17) is 23.2 Å². The first kappa shape index (κ1) is 24.8. The molecule has 1 aliphatic heterocycles. The topological polar surface area (TPSA) is 66.5 Å². The lowest BCUT2D eigenvalue weighted by atomic mass is 9.97. The number of benzene rings is 2. The molecule has 0 spiro atoms. The highest BCUT2D eigenvalue weighted by Crippen LogP contribution is 2.37. The number of rotatable bonds is 5. The van der Waals surface area contributed by atoms with E-state index >= 15 is 0 Å². The van der Waals surface area contributed by atoms with Gasteiger partial charge in [-0.3, -0.25) is 4.79 Å². The van der Waals surface area contributed by atoms with Crippen LogP contribution in [0.15, 0.2) is 36.4 Å². The molecule has 32 heavy (non-hydrogen) atoms. The number of carbonyl (C=O) groups excluding carboxylic acids is 1. The summed E-state index contributed by atoms with van der Waals surface area (Å²) in [6, 6.07) is 6.89. The second-order valence-corrected chi connectivity index (χ2v) is 10.1. The molecule has 5 nitrogen and oxygen atoms in total. The first-order valence-corrected chi connectivity index (χ1v) is 11.8. The van der Waals surface area contributed by atoms with Gasteiger partial charge in [-0.2, -0.15) is 13.2 Å². The van der Waals surface area contributed by atoms with Crippen LogP contribution in [0.1, 0.15) is 24.0 Å². The zero-order chi connectivity index (χ0) is 23.7. The molecular weight excluding hydrogens is 495 g/mol. The molecule has 0 aliphatic carbocycles. The summed E-state index contributed by atoms with van der Waals surface area (Å²) in [6.07, 6.45) is -4.51. The number of hydrogen-bond donors (Lipinski definition) is 1. The monoisotopic (exact) mass is 512 g/mol. The number of sulfonamides is 1. The summed E-state index contributed by atoms with van der Waals surface area (Å²) in [5.74, 6) is -2.70. The molecule has 1 N–H and O–H groups in total. The number of nitrogens with one attached hydrogen (secondary N) is 1. The van der Waals surface area contributed by atoms with Crippen LogP contribution in [0.3, 0.4) is 0 Å². The Morgan fingerprint density at radius 3 is 2.38 bits per heavy atom. The maximum atomic E-state index is 14.0. The molecule has 0 bridgehead atoms. The van der Waals surface area contributed by atoms with E-state index in [9.17, 15) is 30.8 Å². The molecule has 1 aliphatic rings. The lowest BCUT2D eigenvalue weighted by Gasteiger charge is -2.31. The Hall–Kier alpha value is -1.88. The molecule has 2 aromatic carbocycles. The van der Waals surface area contributed by atoms with Crippen molar-refractivity contribution < 1.29 is 30.8 Å². The lowest BCUT2D eigenvalue weighted by molar-refractivity contribution is -0.137. The normalized spacial score (nSPS) is 16.2. The fourth-order valence-electron chi connectivity index (χ4n) is 3.43. The van der Waals surface area contributed by atoms with Crippen molar-refractivity contribution in [3.05, 3.63) is 63.4 Å². The number of anilines is 1. The molecule has 3 rings (SSSR count). The number of carbonyl (C=O) groups is 1. The first-order chi connectivity index (χ1) is 14.9. The molecule has 2 aromatic rings. The molecule has 0 saturated carbocycles. The highest BCUT2D eigenvalue weighted by Gasteiger charge is 2.36. The van der Waals surface area contributed by atoms with Crippen molar-refractivity contribution in [1.82, 2.24) is 4.31 Å². The standard InChI is InChI=1S/C20H18Cl2F4N2O3S/c21-13-4-5-18(15(10-13)20(24,25)26)27-19(29)12-6-8-28(9-7-12)32(30,31)11-14-16(22)2-1-3-17(14)23/h1-5,10,12H,6-9,11H2,(H,27,29). The van der Waals surface area contributed by atoms with Crippen LogP contribution in [0.25, 0.3) is 0 Å². The van der Waals surface area contributed by atoms with E-state index in [-0.39, 0.29) is 41.5 Å². The quantitative estimate of drug-likeness (QED) is 0.550. The maximum absolute atomic E-state index is 14.0. The third-order valence-corrected chi connectivity index (χ3v) is 7.55. The minimum atomic E-state index is -4.71. The predicted octanol–water partition coefficient (Wildman–Crippen LogP) is 5.33. The molecule has 1 fully saturated rings. The van der Waals surface area contributed by atoms with Gasteiger partial charge >= 0.3 is 6.18 Å². The van der Waals surface area contributed by atoms with Crippen LogP contribution < -0.4 is 5.32 Å². The summed E-state index contributed by atoms with van der Waals surface area (Å²) in [6.45, 7) is -0.0571. The van der Waals surface area contributed by atoms with Gasteiger partial charge in [0, 0.05) is 34.6 Å². The van der Waals surface area contributed by atoms with Gasteiger partial charge in [0.15, 0.2) is 0 Å². The Kier molecular flexibility index (Phi) is 7.38. The van der Waals surface area contributed by atoms with E-state index in [2.05, 4.69) is 5.32 Å². The Labute approximate surface area is 192 Å². The zero-order valence-corrected chi connectivity index (χ0v) is 18.8. The second kappa shape index (κ2) is 9.54. The van der Waals surface area contributed by atoms with Crippen LogP contribution in [0.5, 0.6) is 0 Å². The van der Waals surface area contributed by atoms with E-state index in [1.165, 1.54) is 18.2 Å². The third-order valence-electron chi connectivity index (χ3n) is 5.15. The minimum Gasteiger partial charge on any atom is -0.325 e. The fraction of sp³-hybridized carbons (Fsp3) is 0.350. The Balaban J connectivity index is 1.65. The summed E-state index contributed by atoms with van der Waals surface area (Å²) < 4.78 is 80.1. The molecule has 12 heteroatoms. The van der Waals surface area contributed by atoms with Gasteiger partial charge in [0.05, 0.1) is 17.0 Å². The van der Waals surface area contributed by atoms with Gasteiger partial charge in [-0.25, -0.2) is 17.1 Å². The third kappa shape index (κ3) is 5.72. The minimum absolute atomic E-state index is 0.00808. The van der Waals surface area contributed by atoms with Gasteiger partial charge < -0.3 is 5.32 Å². The number of amides is 1. The predicted molar refractivity (Wildman–Crippen MR) is 113 cm³/mol. The average molecular weight is 513 g/mol. The molecule has 0 unspecified atom stereocenters. The smallest absolute Gasteiger partial charge is 0.325 e. The molecule has 1 saturated heterocycles. The van der Waals surface area contributed by atoms with E-state index in [0.717, 1.165) is 22.5 Å². The summed E-state index contributed by atoms with van der Waals surface area (Å²) in [4.78, 5) is 12.5. The number of alkyl halides is 3. The number of hydrogen-bond acceptors (Lipinski definition) is 3. The van der Waals surface area contributed by atoms with Gasteiger partial charge in [0.2, 0.25) is 15.9 Å². The molecule has 1 amide bonds. The summed E-state index contributed by atoms with van der Waals surface area (Å²) >= 11 is 11.5. The van der Waals surface area contributed by atoms with Crippen molar-refractivity contribution in [3.8, 4) is 0 Å². The van der Waals surface area contributed by atoms with E-state index < -0.39 is 50.8 Å². The largest absolute Gasteiger partial charge is 0.418 e. The summed E-state index contributed by atoms with van der Waals surface area (Å²) in [7, 11) is -3.91. The van der Waals surface area contributed by atoms with Gasteiger partial charge in [-0.05, 0) is 43.2 Å². The van der Waals surface area contributed by atoms with Crippen molar-refractivity contribution in [3.63, 3.8) is 0 Å². The molecule has 0 aromatic heterocycles. The summed E-state index contributed by atoms with van der Waals surface area (Å²) in [5.41, 5.74) is -1.63. The number of piperidine rings is 1. The van der Waals surface area contributed by atoms with Crippen molar-refractivity contribution in [2.24, 2.45) is 5.92 Å². The Morgan fingerprint density at radius 2 is 1.78 bits per heavy atom. The van der Waals surface area contributed by atoms with Crippen molar-refractivity contribution in [2.45, 2.75) is 24.8 Å². The maximum Gasteiger partial charge on any atom is 0.418 e. The van der Waals surface area contributed by atoms with Crippen LogP contribution in [-0.2, 0) is 26.7 Å². The SMILES string of the molecule is O=C(Nc1ccc(Cl)cc1C(F)(F)F)C1CCN(S(=O)(=O)Cc2c(F)cccc2Cl)CC1. The fourth-order valence-corrected chi connectivity index (χ4v) is 5.52. The lowest BCUT2D eigenvalue weighted by Crippen LogP contribution is -2.42. The van der Waals surface area contributed by atoms with Crippen molar-refractivity contribution in [2.75, 3.05) is 18.4 Å². The van der Waals surface area contributed by atoms with Crippen LogP contribution in [0.4, 0.5) is 23.2 Å². The zero-order valence-electron chi connectivity index (χ0n) is 16.4. The van der Waals surface area contributed by atoms with Crippen LogP contribution in [0.2, 0.25) is 10.0 Å². The van der Waals surface area contributed by atoms with Crippen LogP contribution in [0, 0.1) is 11.7 Å². The molecule has 174 valence electrons. The van der Waals surface area contributed by atoms with Crippen molar-refractivity contribution >= 4 is 44.8 Å². The van der Waals surface area contributed by atoms with E-state index in [0.29, 0.717) is 0 Å². The van der Waals surface area contributed by atoms with E-state index in [1.807, 2.05) is 0 Å². The van der Waals surface area contributed by atoms with Gasteiger partial charge in [-0.15, -0.1) is 0 Å². The van der Waals surface area contributed by atoms with E-state index in [1.54, 1.807) is 0 Å². The highest BCUT2D eigenvalue weighted by molar-refractivity contribution is 7.88. The highest BCUT2D eigenvalue weighted by atomic mass is 35.5. The number of halogens is 6. The van der Waals surface area contributed by atoms with Gasteiger partial charge in [-0.1, -0.05) is 29.3 Å².